The van der Waals surface area contributed by atoms with Crippen molar-refractivity contribution in [2.75, 3.05) is 7.11 Å². The molecule has 0 radical (unpaired) electrons. The lowest BCUT2D eigenvalue weighted by Crippen LogP contribution is -2.00. The molecule has 1 N–H and O–H groups in total. The number of rotatable bonds is 14. The second-order valence-electron chi connectivity index (χ2n) is 6.23. The molecule has 0 rings (SSSR count). The summed E-state index contributed by atoms with van der Waals surface area (Å²) in [5.41, 5.74) is 0. The summed E-state index contributed by atoms with van der Waals surface area (Å²) in [5, 5.41) is 9.67. The minimum atomic E-state index is -0.254. The van der Waals surface area contributed by atoms with E-state index in [1.807, 2.05) is 6.08 Å². The summed E-state index contributed by atoms with van der Waals surface area (Å²) in [6.45, 7) is 2.15. The van der Waals surface area contributed by atoms with Gasteiger partial charge >= 0.3 is 5.97 Å². The summed E-state index contributed by atoms with van der Waals surface area (Å²) < 4.78 is 4.58. The molecule has 138 valence electrons. The molecule has 0 bridgehead atoms. The number of aliphatic hydroxyl groups is 1. The lowest BCUT2D eigenvalue weighted by atomic mass is 10.1. The summed E-state index contributed by atoms with van der Waals surface area (Å²) >= 11 is 0. The van der Waals surface area contributed by atoms with Gasteiger partial charge in [0.1, 0.15) is 0 Å². The Morgan fingerprint density at radius 3 is 2.42 bits per heavy atom. The Morgan fingerprint density at radius 2 is 1.71 bits per heavy atom. The molecular formula is C21H36O3. The van der Waals surface area contributed by atoms with Crippen molar-refractivity contribution in [1.29, 1.82) is 0 Å². The van der Waals surface area contributed by atoms with Gasteiger partial charge in [0, 0.05) is 19.3 Å². The van der Waals surface area contributed by atoms with Gasteiger partial charge in [-0.15, -0.1) is 11.8 Å². The number of allylic oxidation sites excluding steroid dienone is 1. The first-order valence-corrected chi connectivity index (χ1v) is 9.58. The number of ether oxygens (including phenoxy) is 1. The standard InChI is InChI=1S/C21H36O3/c1-3-4-17-20(22)18-15-13-11-9-7-5-6-8-10-12-14-16-19-21(23)24-2/h15,18,20,22H,3-9,11,13-14,16-17,19H2,1-2H3/b18-15+. The maximum absolute atomic E-state index is 10.9. The highest BCUT2D eigenvalue weighted by atomic mass is 16.5. The van der Waals surface area contributed by atoms with E-state index in [2.05, 4.69) is 29.6 Å². The van der Waals surface area contributed by atoms with Crippen LogP contribution < -0.4 is 0 Å². The first-order chi connectivity index (χ1) is 11.7. The van der Waals surface area contributed by atoms with Crippen LogP contribution in [0.15, 0.2) is 12.2 Å². The van der Waals surface area contributed by atoms with Crippen LogP contribution in [0.5, 0.6) is 0 Å². The third kappa shape index (κ3) is 17.1. The maximum Gasteiger partial charge on any atom is 0.305 e. The van der Waals surface area contributed by atoms with Crippen LogP contribution in [0.4, 0.5) is 0 Å². The number of aliphatic hydroxyl groups excluding tert-OH is 1. The fraction of sp³-hybridized carbons (Fsp3) is 0.762. The van der Waals surface area contributed by atoms with Gasteiger partial charge < -0.3 is 9.84 Å². The number of carbonyl (C=O) groups is 1. The zero-order valence-corrected chi connectivity index (χ0v) is 15.7. The van der Waals surface area contributed by atoms with Crippen LogP contribution in [0, 0.1) is 11.8 Å². The molecule has 0 aromatic carbocycles. The van der Waals surface area contributed by atoms with E-state index in [-0.39, 0.29) is 12.1 Å². The van der Waals surface area contributed by atoms with Crippen molar-refractivity contribution < 1.29 is 14.6 Å². The van der Waals surface area contributed by atoms with Crippen molar-refractivity contribution in [2.45, 2.75) is 96.5 Å². The third-order valence-electron chi connectivity index (χ3n) is 3.92. The van der Waals surface area contributed by atoms with Gasteiger partial charge in [0.05, 0.1) is 13.2 Å². The van der Waals surface area contributed by atoms with Crippen molar-refractivity contribution in [3.63, 3.8) is 0 Å². The molecule has 0 spiro atoms. The molecule has 3 nitrogen and oxygen atoms in total. The van der Waals surface area contributed by atoms with E-state index in [9.17, 15) is 9.90 Å². The Bertz CT molecular complexity index is 376. The van der Waals surface area contributed by atoms with Crippen molar-refractivity contribution in [2.24, 2.45) is 0 Å². The number of hydrogen-bond donors (Lipinski definition) is 1. The van der Waals surface area contributed by atoms with Crippen molar-refractivity contribution in [3.8, 4) is 11.8 Å². The lowest BCUT2D eigenvalue weighted by Gasteiger charge is -2.03. The molecule has 0 aromatic rings. The van der Waals surface area contributed by atoms with E-state index in [0.29, 0.717) is 6.42 Å². The van der Waals surface area contributed by atoms with E-state index >= 15 is 0 Å². The van der Waals surface area contributed by atoms with Crippen LogP contribution in [0.1, 0.15) is 90.4 Å². The predicted molar refractivity (Wildman–Crippen MR) is 101 cm³/mol. The van der Waals surface area contributed by atoms with Gasteiger partial charge in [-0.05, 0) is 32.1 Å². The smallest absolute Gasteiger partial charge is 0.305 e. The highest BCUT2D eigenvalue weighted by Gasteiger charge is 1.97. The van der Waals surface area contributed by atoms with Crippen LogP contribution in [0.2, 0.25) is 0 Å². The van der Waals surface area contributed by atoms with Gasteiger partial charge in [0.2, 0.25) is 0 Å². The molecule has 0 heterocycles. The van der Waals surface area contributed by atoms with Crippen molar-refractivity contribution >= 4 is 5.97 Å². The molecule has 0 aliphatic rings. The summed E-state index contributed by atoms with van der Waals surface area (Å²) in [7, 11) is 1.42. The molecule has 1 unspecified atom stereocenters. The molecule has 1 atom stereocenters. The maximum atomic E-state index is 10.9. The van der Waals surface area contributed by atoms with Gasteiger partial charge in [0.15, 0.2) is 0 Å². The van der Waals surface area contributed by atoms with Crippen LogP contribution in [0.25, 0.3) is 0 Å². The Labute approximate surface area is 148 Å². The van der Waals surface area contributed by atoms with E-state index in [1.54, 1.807) is 0 Å². The normalized spacial score (nSPS) is 12.0. The van der Waals surface area contributed by atoms with Crippen LogP contribution >= 0.6 is 0 Å². The quantitative estimate of drug-likeness (QED) is 0.206. The lowest BCUT2D eigenvalue weighted by molar-refractivity contribution is -0.140. The highest BCUT2D eigenvalue weighted by molar-refractivity contribution is 5.69. The van der Waals surface area contributed by atoms with E-state index in [1.165, 1.54) is 32.8 Å². The fourth-order valence-electron chi connectivity index (χ4n) is 2.37. The molecule has 0 aliphatic carbocycles. The molecule has 0 aromatic heterocycles. The van der Waals surface area contributed by atoms with Crippen LogP contribution in [-0.4, -0.2) is 24.3 Å². The van der Waals surface area contributed by atoms with Gasteiger partial charge in [-0.2, -0.15) is 0 Å². The van der Waals surface area contributed by atoms with E-state index < -0.39 is 0 Å². The van der Waals surface area contributed by atoms with Gasteiger partial charge in [-0.3, -0.25) is 4.79 Å². The average molecular weight is 337 g/mol. The molecule has 0 aliphatic heterocycles. The zero-order valence-electron chi connectivity index (χ0n) is 15.7. The third-order valence-corrected chi connectivity index (χ3v) is 3.92. The second-order valence-corrected chi connectivity index (χ2v) is 6.23. The number of esters is 1. The first-order valence-electron chi connectivity index (χ1n) is 9.58. The van der Waals surface area contributed by atoms with Gasteiger partial charge in [0.25, 0.3) is 0 Å². The average Bonchev–Trinajstić information content (AvgIpc) is 2.59. The van der Waals surface area contributed by atoms with E-state index in [4.69, 9.17) is 0 Å². The number of methoxy groups -OCH3 is 1. The SMILES string of the molecule is CCCCC(O)/C=C/CCCCCCCC#CCCCC(=O)OC. The summed E-state index contributed by atoms with van der Waals surface area (Å²) in [6, 6.07) is 0. The molecule has 0 amide bonds. The number of hydrogen-bond acceptors (Lipinski definition) is 3. The Kier molecular flexibility index (Phi) is 17.1. The largest absolute Gasteiger partial charge is 0.469 e. The predicted octanol–water partition coefficient (Wildman–Crippen LogP) is 5.17. The molecular weight excluding hydrogens is 300 g/mol. The second kappa shape index (κ2) is 18.1. The van der Waals surface area contributed by atoms with Gasteiger partial charge in [-0.1, -0.05) is 51.2 Å². The molecule has 24 heavy (non-hydrogen) atoms. The highest BCUT2D eigenvalue weighted by Crippen LogP contribution is 2.08. The summed E-state index contributed by atoms with van der Waals surface area (Å²) in [6.07, 6.45) is 17.1. The van der Waals surface area contributed by atoms with Crippen molar-refractivity contribution in [1.82, 2.24) is 0 Å². The zero-order chi connectivity index (χ0) is 17.9. The number of unbranched alkanes of at least 4 members (excludes halogenated alkanes) is 8. The Hall–Kier alpha value is -1.27. The van der Waals surface area contributed by atoms with Gasteiger partial charge in [-0.25, -0.2) is 0 Å². The van der Waals surface area contributed by atoms with Crippen LogP contribution in [-0.2, 0) is 9.53 Å². The molecule has 0 saturated heterocycles. The van der Waals surface area contributed by atoms with Crippen molar-refractivity contribution in [3.05, 3.63) is 12.2 Å². The Morgan fingerprint density at radius 1 is 1.04 bits per heavy atom. The first kappa shape index (κ1) is 22.7. The fourth-order valence-corrected chi connectivity index (χ4v) is 2.37. The molecule has 3 heteroatoms. The topological polar surface area (TPSA) is 46.5 Å². The summed E-state index contributed by atoms with van der Waals surface area (Å²) in [4.78, 5) is 10.9. The van der Waals surface area contributed by atoms with Crippen LogP contribution in [0.3, 0.4) is 0 Å². The molecule has 0 saturated carbocycles. The molecule has 0 fully saturated rings. The minimum Gasteiger partial charge on any atom is -0.469 e. The monoisotopic (exact) mass is 336 g/mol. The summed E-state index contributed by atoms with van der Waals surface area (Å²) in [5.74, 6) is 6.14. The van der Waals surface area contributed by atoms with E-state index in [0.717, 1.165) is 51.4 Å². The Balaban J connectivity index is 3.31. The number of carbonyl (C=O) groups excluding carboxylic acids is 1. The minimum absolute atomic E-state index is 0.151.